The predicted molar refractivity (Wildman–Crippen MR) is 129 cm³/mol. The topological polar surface area (TPSA) is 103 Å². The Hall–Kier alpha value is -3.40. The number of benzene rings is 1. The molecule has 0 unspecified atom stereocenters. The fourth-order valence-electron chi connectivity index (χ4n) is 4.39. The van der Waals surface area contributed by atoms with E-state index >= 15 is 0 Å². The first kappa shape index (κ1) is 21.4. The van der Waals surface area contributed by atoms with Crippen LogP contribution in [0.3, 0.4) is 0 Å². The summed E-state index contributed by atoms with van der Waals surface area (Å²) in [4.78, 5) is 14.1. The van der Waals surface area contributed by atoms with Gasteiger partial charge in [0, 0.05) is 37.3 Å². The zero-order chi connectivity index (χ0) is 23.3. The van der Waals surface area contributed by atoms with Crippen LogP contribution in [-0.2, 0) is 12.1 Å². The minimum absolute atomic E-state index is 0.0224. The van der Waals surface area contributed by atoms with E-state index in [-0.39, 0.29) is 5.54 Å². The minimum atomic E-state index is -0.0224. The molecule has 3 aromatic heterocycles. The molecule has 33 heavy (non-hydrogen) atoms. The van der Waals surface area contributed by atoms with Gasteiger partial charge in [-0.2, -0.15) is 9.61 Å². The van der Waals surface area contributed by atoms with E-state index in [1.54, 1.807) is 11.6 Å². The third-order valence-electron chi connectivity index (χ3n) is 6.29. The first-order valence-corrected chi connectivity index (χ1v) is 11.3. The van der Waals surface area contributed by atoms with Crippen molar-refractivity contribution in [1.82, 2.24) is 34.3 Å². The fraction of sp³-hybridized carbons (Fsp3) is 0.478. The van der Waals surface area contributed by atoms with Crippen LogP contribution in [0.4, 0.5) is 11.6 Å². The zero-order valence-electron chi connectivity index (χ0n) is 19.9. The molecule has 4 aromatic rings. The lowest BCUT2D eigenvalue weighted by atomic mass is 10.1. The Kier molecular flexibility index (Phi) is 5.12. The number of rotatable bonds is 4. The van der Waals surface area contributed by atoms with Gasteiger partial charge in [-0.1, -0.05) is 6.07 Å². The first-order chi connectivity index (χ1) is 15.7. The molecule has 1 aliphatic heterocycles. The van der Waals surface area contributed by atoms with Crippen molar-refractivity contribution in [2.75, 3.05) is 37.4 Å². The Morgan fingerprint density at radius 1 is 1.18 bits per heavy atom. The summed E-state index contributed by atoms with van der Waals surface area (Å²) < 4.78 is 9.10. The SMILES string of the molecule is COc1cccc2c1nc(N)n1nc(CN3CCN(c4cnn(C(C)(C)C)c4)C[C@H]3C)nc21. The molecule has 0 radical (unpaired) electrons. The number of ether oxygens (including phenoxy) is 1. The number of nitrogens with two attached hydrogens (primary N) is 1. The normalized spacial score (nSPS) is 17.8. The first-order valence-electron chi connectivity index (χ1n) is 11.3. The van der Waals surface area contributed by atoms with Gasteiger partial charge in [0.1, 0.15) is 11.3 Å². The van der Waals surface area contributed by atoms with E-state index < -0.39 is 0 Å². The monoisotopic (exact) mass is 449 g/mol. The van der Waals surface area contributed by atoms with Crippen LogP contribution in [0, 0.1) is 0 Å². The number of methoxy groups -OCH3 is 1. The van der Waals surface area contributed by atoms with Gasteiger partial charge in [0.05, 0.1) is 31.1 Å². The lowest BCUT2D eigenvalue weighted by molar-refractivity contribution is 0.177. The smallest absolute Gasteiger partial charge is 0.223 e. The van der Waals surface area contributed by atoms with Crippen molar-refractivity contribution in [3.05, 3.63) is 36.4 Å². The van der Waals surface area contributed by atoms with Crippen LogP contribution < -0.4 is 15.4 Å². The molecule has 10 heteroatoms. The van der Waals surface area contributed by atoms with Crippen molar-refractivity contribution in [2.45, 2.75) is 45.8 Å². The number of nitrogen functional groups attached to an aromatic ring is 1. The molecule has 1 aliphatic rings. The summed E-state index contributed by atoms with van der Waals surface area (Å²) in [6.45, 7) is 12.1. The quantitative estimate of drug-likeness (QED) is 0.507. The Morgan fingerprint density at radius 3 is 2.70 bits per heavy atom. The molecule has 1 aromatic carbocycles. The maximum absolute atomic E-state index is 6.20. The van der Waals surface area contributed by atoms with E-state index in [1.165, 1.54) is 5.69 Å². The summed E-state index contributed by atoms with van der Waals surface area (Å²) in [5.74, 6) is 1.71. The molecule has 2 N–H and O–H groups in total. The maximum Gasteiger partial charge on any atom is 0.223 e. The predicted octanol–water partition coefficient (Wildman–Crippen LogP) is 2.53. The number of para-hydroxylation sites is 1. The van der Waals surface area contributed by atoms with Gasteiger partial charge in [-0.15, -0.1) is 5.10 Å². The number of fused-ring (bicyclic) bond motifs is 3. The number of hydrogen-bond acceptors (Lipinski definition) is 8. The van der Waals surface area contributed by atoms with E-state index in [1.807, 2.05) is 29.1 Å². The second-order valence-electron chi connectivity index (χ2n) is 9.67. The van der Waals surface area contributed by atoms with Crippen LogP contribution in [0.5, 0.6) is 5.75 Å². The highest BCUT2D eigenvalue weighted by Gasteiger charge is 2.27. The van der Waals surface area contributed by atoms with E-state index in [4.69, 9.17) is 15.5 Å². The lowest BCUT2D eigenvalue weighted by Crippen LogP contribution is -2.51. The molecule has 1 atom stereocenters. The van der Waals surface area contributed by atoms with Crippen LogP contribution in [-0.4, -0.2) is 67.0 Å². The minimum Gasteiger partial charge on any atom is -0.494 e. The molecule has 1 fully saturated rings. The van der Waals surface area contributed by atoms with Crippen LogP contribution in [0.15, 0.2) is 30.6 Å². The molecule has 0 spiro atoms. The number of piperazine rings is 1. The highest BCUT2D eigenvalue weighted by atomic mass is 16.5. The summed E-state index contributed by atoms with van der Waals surface area (Å²) in [5, 5.41) is 10.1. The van der Waals surface area contributed by atoms with Gasteiger partial charge in [-0.3, -0.25) is 9.58 Å². The number of anilines is 2. The standard InChI is InChI=1S/C23H31N9O/c1-15-12-30(16-11-25-31(13-16)23(2,3)4)10-9-29(15)14-19-26-21-17-7-6-8-18(33-5)20(17)27-22(24)32(21)28-19/h6-8,11,13,15H,9-10,12,14H2,1-5H3,(H2,24,27)/t15-/m1/s1. The van der Waals surface area contributed by atoms with Crippen LogP contribution in [0.1, 0.15) is 33.5 Å². The second-order valence-corrected chi connectivity index (χ2v) is 9.67. The maximum atomic E-state index is 6.20. The molecular weight excluding hydrogens is 418 g/mol. The van der Waals surface area contributed by atoms with Gasteiger partial charge in [0.25, 0.3) is 0 Å². The molecule has 0 amide bonds. The summed E-state index contributed by atoms with van der Waals surface area (Å²) in [6, 6.07) is 6.11. The zero-order valence-corrected chi connectivity index (χ0v) is 19.9. The van der Waals surface area contributed by atoms with E-state index in [0.29, 0.717) is 35.4 Å². The van der Waals surface area contributed by atoms with Crippen LogP contribution in [0.2, 0.25) is 0 Å². The second kappa shape index (κ2) is 7.87. The Labute approximate surface area is 193 Å². The summed E-state index contributed by atoms with van der Waals surface area (Å²) in [6.07, 6.45) is 4.10. The van der Waals surface area contributed by atoms with Gasteiger partial charge in [-0.25, -0.2) is 9.97 Å². The van der Waals surface area contributed by atoms with Gasteiger partial charge in [0.2, 0.25) is 5.95 Å². The molecule has 174 valence electrons. The molecule has 0 saturated carbocycles. The van der Waals surface area contributed by atoms with Crippen molar-refractivity contribution in [2.24, 2.45) is 0 Å². The molecule has 0 aliphatic carbocycles. The van der Waals surface area contributed by atoms with Gasteiger partial charge in [0.15, 0.2) is 11.5 Å². The fourth-order valence-corrected chi connectivity index (χ4v) is 4.39. The van der Waals surface area contributed by atoms with E-state index in [9.17, 15) is 0 Å². The van der Waals surface area contributed by atoms with Crippen molar-refractivity contribution in [3.8, 4) is 5.75 Å². The molecule has 5 rings (SSSR count). The highest BCUT2D eigenvalue weighted by Crippen LogP contribution is 2.28. The van der Waals surface area contributed by atoms with E-state index in [2.05, 4.69) is 58.9 Å². The van der Waals surface area contributed by atoms with Crippen LogP contribution in [0.25, 0.3) is 16.6 Å². The van der Waals surface area contributed by atoms with Crippen LogP contribution >= 0.6 is 0 Å². The average molecular weight is 450 g/mol. The Balaban J connectivity index is 1.36. The number of nitrogens with zero attached hydrogens (tertiary/aromatic N) is 8. The molecule has 10 nitrogen and oxygen atoms in total. The van der Waals surface area contributed by atoms with Crippen molar-refractivity contribution in [1.29, 1.82) is 0 Å². The van der Waals surface area contributed by atoms with Gasteiger partial charge >= 0.3 is 0 Å². The largest absolute Gasteiger partial charge is 0.494 e. The van der Waals surface area contributed by atoms with E-state index in [0.717, 1.165) is 30.8 Å². The van der Waals surface area contributed by atoms with Gasteiger partial charge < -0.3 is 15.4 Å². The Bertz CT molecular complexity index is 1300. The molecule has 1 saturated heterocycles. The summed E-state index contributed by atoms with van der Waals surface area (Å²) >= 11 is 0. The molecule has 0 bridgehead atoms. The Morgan fingerprint density at radius 2 is 2.00 bits per heavy atom. The van der Waals surface area contributed by atoms with Crippen molar-refractivity contribution >= 4 is 28.2 Å². The summed E-state index contributed by atoms with van der Waals surface area (Å²) in [7, 11) is 1.63. The molecule has 4 heterocycles. The average Bonchev–Trinajstić information content (AvgIpc) is 3.43. The van der Waals surface area contributed by atoms with Crippen molar-refractivity contribution in [3.63, 3.8) is 0 Å². The van der Waals surface area contributed by atoms with Crippen molar-refractivity contribution < 1.29 is 4.74 Å². The summed E-state index contributed by atoms with van der Waals surface area (Å²) in [5.41, 5.74) is 8.74. The third-order valence-corrected chi connectivity index (χ3v) is 6.29. The third kappa shape index (κ3) is 3.84. The molecular formula is C23H31N9O. The number of aromatic nitrogens is 6. The van der Waals surface area contributed by atoms with Gasteiger partial charge in [-0.05, 0) is 39.8 Å². The lowest BCUT2D eigenvalue weighted by Gasteiger charge is -2.39. The highest BCUT2D eigenvalue weighted by molar-refractivity contribution is 5.95. The number of hydrogen-bond donors (Lipinski definition) is 1.